The Hall–Kier alpha value is -2.56. The Kier molecular flexibility index (Phi) is 4.77. The number of nitrogens with zero attached hydrogens (tertiary/aromatic N) is 1. The summed E-state index contributed by atoms with van der Waals surface area (Å²) in [7, 11) is 0. The number of ether oxygens (including phenoxy) is 1. The van der Waals surface area contributed by atoms with E-state index >= 15 is 0 Å². The van der Waals surface area contributed by atoms with Crippen LogP contribution in [0.3, 0.4) is 0 Å². The van der Waals surface area contributed by atoms with Gasteiger partial charge in [0, 0.05) is 6.54 Å². The maximum atomic E-state index is 11.3. The third kappa shape index (κ3) is 3.51. The SMILES string of the molecule is CCNc1cccc(Oc2cccc(CC)c2)c1[N+](=O)[O-]. The molecule has 0 aliphatic rings. The molecule has 0 atom stereocenters. The fourth-order valence-corrected chi connectivity index (χ4v) is 2.08. The van der Waals surface area contributed by atoms with Crippen LogP contribution in [0.5, 0.6) is 11.5 Å². The zero-order valence-electron chi connectivity index (χ0n) is 12.1. The minimum Gasteiger partial charge on any atom is -0.450 e. The number of hydrogen-bond acceptors (Lipinski definition) is 4. The van der Waals surface area contributed by atoms with Crippen molar-refractivity contribution in [2.24, 2.45) is 0 Å². The Balaban J connectivity index is 2.38. The van der Waals surface area contributed by atoms with Gasteiger partial charge in [0.15, 0.2) is 0 Å². The van der Waals surface area contributed by atoms with Crippen molar-refractivity contribution in [1.29, 1.82) is 0 Å². The summed E-state index contributed by atoms with van der Waals surface area (Å²) in [4.78, 5) is 10.9. The molecule has 0 saturated carbocycles. The molecular weight excluding hydrogens is 268 g/mol. The van der Waals surface area contributed by atoms with E-state index in [1.54, 1.807) is 24.3 Å². The number of hydrogen-bond donors (Lipinski definition) is 1. The maximum Gasteiger partial charge on any atom is 0.334 e. The van der Waals surface area contributed by atoms with Crippen molar-refractivity contribution in [3.05, 3.63) is 58.1 Å². The number of nitro groups is 1. The molecule has 0 spiro atoms. The molecular formula is C16H18N2O3. The number of anilines is 1. The largest absolute Gasteiger partial charge is 0.450 e. The monoisotopic (exact) mass is 286 g/mol. The van der Waals surface area contributed by atoms with E-state index in [2.05, 4.69) is 5.32 Å². The predicted molar refractivity (Wildman–Crippen MR) is 83.2 cm³/mol. The zero-order chi connectivity index (χ0) is 15.2. The Morgan fingerprint density at radius 2 is 1.95 bits per heavy atom. The molecule has 0 heterocycles. The van der Waals surface area contributed by atoms with Gasteiger partial charge in [-0.25, -0.2) is 0 Å². The van der Waals surface area contributed by atoms with Crippen LogP contribution in [0.4, 0.5) is 11.4 Å². The average Bonchev–Trinajstić information content (AvgIpc) is 2.47. The van der Waals surface area contributed by atoms with Gasteiger partial charge in [-0.3, -0.25) is 10.1 Å². The summed E-state index contributed by atoms with van der Waals surface area (Å²) >= 11 is 0. The molecule has 2 rings (SSSR count). The number of nitro benzene ring substituents is 1. The van der Waals surface area contributed by atoms with E-state index < -0.39 is 4.92 Å². The molecule has 1 N–H and O–H groups in total. The number of aryl methyl sites for hydroxylation is 1. The van der Waals surface area contributed by atoms with Crippen molar-refractivity contribution in [3.63, 3.8) is 0 Å². The second-order valence-electron chi connectivity index (χ2n) is 4.54. The van der Waals surface area contributed by atoms with Gasteiger partial charge in [-0.1, -0.05) is 25.1 Å². The van der Waals surface area contributed by atoms with Gasteiger partial charge >= 0.3 is 5.69 Å². The van der Waals surface area contributed by atoms with Gasteiger partial charge < -0.3 is 10.1 Å². The van der Waals surface area contributed by atoms with Gasteiger partial charge in [-0.05, 0) is 43.2 Å². The lowest BCUT2D eigenvalue weighted by Crippen LogP contribution is -2.02. The van der Waals surface area contributed by atoms with Crippen LogP contribution in [-0.4, -0.2) is 11.5 Å². The summed E-state index contributed by atoms with van der Waals surface area (Å²) in [5.41, 5.74) is 1.55. The third-order valence-electron chi connectivity index (χ3n) is 3.08. The first-order valence-electron chi connectivity index (χ1n) is 6.93. The fourth-order valence-electron chi connectivity index (χ4n) is 2.08. The van der Waals surface area contributed by atoms with Gasteiger partial charge in [-0.15, -0.1) is 0 Å². The minimum absolute atomic E-state index is 0.0405. The van der Waals surface area contributed by atoms with Crippen LogP contribution in [0.15, 0.2) is 42.5 Å². The maximum absolute atomic E-state index is 11.3. The molecule has 0 radical (unpaired) electrons. The Labute approximate surface area is 123 Å². The highest BCUT2D eigenvalue weighted by atomic mass is 16.6. The summed E-state index contributed by atoms with van der Waals surface area (Å²) in [6, 6.07) is 12.6. The normalized spacial score (nSPS) is 10.2. The minimum atomic E-state index is -0.420. The van der Waals surface area contributed by atoms with E-state index in [1.165, 1.54) is 0 Å². The van der Waals surface area contributed by atoms with Crippen molar-refractivity contribution in [3.8, 4) is 11.5 Å². The predicted octanol–water partition coefficient (Wildman–Crippen LogP) is 4.38. The second-order valence-corrected chi connectivity index (χ2v) is 4.54. The molecule has 0 aliphatic carbocycles. The average molecular weight is 286 g/mol. The van der Waals surface area contributed by atoms with Crippen molar-refractivity contribution < 1.29 is 9.66 Å². The Morgan fingerprint density at radius 1 is 1.19 bits per heavy atom. The molecule has 2 aromatic carbocycles. The highest BCUT2D eigenvalue weighted by molar-refractivity contribution is 5.69. The van der Waals surface area contributed by atoms with Crippen molar-refractivity contribution >= 4 is 11.4 Å². The van der Waals surface area contributed by atoms with E-state index in [0.29, 0.717) is 18.0 Å². The van der Waals surface area contributed by atoms with Crippen LogP contribution in [0.2, 0.25) is 0 Å². The fraction of sp³-hybridized carbons (Fsp3) is 0.250. The van der Waals surface area contributed by atoms with Crippen molar-refractivity contribution in [1.82, 2.24) is 0 Å². The molecule has 0 unspecified atom stereocenters. The Bertz CT molecular complexity index is 641. The van der Waals surface area contributed by atoms with Gasteiger partial charge in [0.2, 0.25) is 5.75 Å². The van der Waals surface area contributed by atoms with Crippen LogP contribution >= 0.6 is 0 Å². The summed E-state index contributed by atoms with van der Waals surface area (Å²) in [5.74, 6) is 0.845. The summed E-state index contributed by atoms with van der Waals surface area (Å²) in [6.45, 7) is 4.55. The highest BCUT2D eigenvalue weighted by Crippen LogP contribution is 2.37. The summed E-state index contributed by atoms with van der Waals surface area (Å²) in [6.07, 6.45) is 0.886. The number of nitrogens with one attached hydrogen (secondary N) is 1. The number of rotatable bonds is 6. The molecule has 0 aromatic heterocycles. The van der Waals surface area contributed by atoms with Crippen molar-refractivity contribution in [2.45, 2.75) is 20.3 Å². The molecule has 0 bridgehead atoms. The quantitative estimate of drug-likeness (QED) is 0.632. The van der Waals surface area contributed by atoms with Crippen molar-refractivity contribution in [2.75, 3.05) is 11.9 Å². The highest BCUT2D eigenvalue weighted by Gasteiger charge is 2.21. The molecule has 5 heteroatoms. The first kappa shape index (κ1) is 14.8. The van der Waals surface area contributed by atoms with Gasteiger partial charge in [-0.2, -0.15) is 0 Å². The molecule has 21 heavy (non-hydrogen) atoms. The lowest BCUT2D eigenvalue weighted by molar-refractivity contribution is -0.384. The molecule has 0 aliphatic heterocycles. The Morgan fingerprint density at radius 3 is 2.62 bits per heavy atom. The van der Waals surface area contributed by atoms with Gasteiger partial charge in [0.05, 0.1) is 4.92 Å². The third-order valence-corrected chi connectivity index (χ3v) is 3.08. The summed E-state index contributed by atoms with van der Waals surface area (Å²) in [5, 5.41) is 14.3. The van der Waals surface area contributed by atoms with Crippen LogP contribution in [0.1, 0.15) is 19.4 Å². The van der Waals surface area contributed by atoms with E-state index in [1.807, 2.05) is 32.0 Å². The lowest BCUT2D eigenvalue weighted by atomic mass is 10.1. The summed E-state index contributed by atoms with van der Waals surface area (Å²) < 4.78 is 5.72. The van der Waals surface area contributed by atoms with Crippen LogP contribution in [-0.2, 0) is 6.42 Å². The second kappa shape index (κ2) is 6.74. The van der Waals surface area contributed by atoms with E-state index in [-0.39, 0.29) is 11.4 Å². The topological polar surface area (TPSA) is 64.4 Å². The first-order valence-corrected chi connectivity index (χ1v) is 6.93. The van der Waals surface area contributed by atoms with Gasteiger partial charge in [0.25, 0.3) is 0 Å². The number of para-hydroxylation sites is 1. The van der Waals surface area contributed by atoms with Gasteiger partial charge in [0.1, 0.15) is 11.4 Å². The van der Waals surface area contributed by atoms with Crippen LogP contribution in [0, 0.1) is 10.1 Å². The van der Waals surface area contributed by atoms with E-state index in [9.17, 15) is 10.1 Å². The van der Waals surface area contributed by atoms with E-state index in [4.69, 9.17) is 4.74 Å². The van der Waals surface area contributed by atoms with Crippen LogP contribution < -0.4 is 10.1 Å². The molecule has 5 nitrogen and oxygen atoms in total. The standard InChI is InChI=1S/C16H18N2O3/c1-3-12-7-5-8-13(11-12)21-15-10-6-9-14(17-4-2)16(15)18(19)20/h5-11,17H,3-4H2,1-2H3. The molecule has 0 amide bonds. The first-order chi connectivity index (χ1) is 10.2. The molecule has 0 fully saturated rings. The molecule has 0 saturated heterocycles. The molecule has 110 valence electrons. The lowest BCUT2D eigenvalue weighted by Gasteiger charge is -2.10. The van der Waals surface area contributed by atoms with E-state index in [0.717, 1.165) is 12.0 Å². The number of benzene rings is 2. The smallest absolute Gasteiger partial charge is 0.334 e. The van der Waals surface area contributed by atoms with Crippen LogP contribution in [0.25, 0.3) is 0 Å². The molecule has 2 aromatic rings. The zero-order valence-corrected chi connectivity index (χ0v) is 12.1.